The Morgan fingerprint density at radius 2 is 2.11 bits per heavy atom. The SMILES string of the molecule is CCN1CCCC1CNC(=NCc1nnc(C)n1C)NC1CCC(SC)C1.I. The third-order valence-electron chi connectivity index (χ3n) is 6.03. The number of likely N-dealkylation sites (N-methyl/N-ethyl adjacent to an activating group) is 1. The maximum atomic E-state index is 4.84. The molecule has 1 aromatic heterocycles. The van der Waals surface area contributed by atoms with Gasteiger partial charge < -0.3 is 15.2 Å². The van der Waals surface area contributed by atoms with E-state index in [4.69, 9.17) is 4.99 Å². The minimum absolute atomic E-state index is 0. The van der Waals surface area contributed by atoms with Crippen LogP contribution in [0.2, 0.25) is 0 Å². The van der Waals surface area contributed by atoms with Gasteiger partial charge in [0.05, 0.1) is 0 Å². The van der Waals surface area contributed by atoms with Gasteiger partial charge in [0.15, 0.2) is 11.8 Å². The molecule has 160 valence electrons. The van der Waals surface area contributed by atoms with Gasteiger partial charge in [0.2, 0.25) is 0 Å². The van der Waals surface area contributed by atoms with Gasteiger partial charge in [-0.05, 0) is 58.4 Å². The standard InChI is InChI=1S/C19H35N7S.HI/c1-5-26-10-6-7-16(26)12-20-19(22-15-8-9-17(11-15)27-4)21-13-18-24-23-14(2)25(18)3;/h15-17H,5-13H2,1-4H3,(H2,20,21,22);1H. The van der Waals surface area contributed by atoms with Crippen LogP contribution in [-0.2, 0) is 13.6 Å². The number of rotatable bonds is 7. The van der Waals surface area contributed by atoms with Crippen LogP contribution in [0.4, 0.5) is 0 Å². The first-order valence-electron chi connectivity index (χ1n) is 10.3. The van der Waals surface area contributed by atoms with Crippen molar-refractivity contribution in [3.8, 4) is 0 Å². The Morgan fingerprint density at radius 1 is 1.29 bits per heavy atom. The number of aryl methyl sites for hydroxylation is 1. The third kappa shape index (κ3) is 6.22. The van der Waals surface area contributed by atoms with Gasteiger partial charge in [-0.2, -0.15) is 11.8 Å². The fourth-order valence-corrected chi connectivity index (χ4v) is 4.92. The van der Waals surface area contributed by atoms with Crippen molar-refractivity contribution in [2.45, 2.75) is 69.8 Å². The molecule has 1 aromatic rings. The zero-order valence-corrected chi connectivity index (χ0v) is 20.8. The number of aliphatic imine (C=N–C) groups is 1. The van der Waals surface area contributed by atoms with Gasteiger partial charge in [-0.25, -0.2) is 4.99 Å². The summed E-state index contributed by atoms with van der Waals surface area (Å²) in [5.41, 5.74) is 0. The van der Waals surface area contributed by atoms with Crippen LogP contribution in [0.5, 0.6) is 0 Å². The van der Waals surface area contributed by atoms with E-state index in [1.165, 1.54) is 38.6 Å². The van der Waals surface area contributed by atoms with Crippen LogP contribution >= 0.6 is 35.7 Å². The smallest absolute Gasteiger partial charge is 0.191 e. The minimum Gasteiger partial charge on any atom is -0.355 e. The molecule has 1 saturated carbocycles. The van der Waals surface area contributed by atoms with Gasteiger partial charge in [0.1, 0.15) is 12.4 Å². The molecule has 2 fully saturated rings. The number of hydrogen-bond donors (Lipinski definition) is 2. The second kappa shape index (κ2) is 11.6. The van der Waals surface area contributed by atoms with E-state index < -0.39 is 0 Å². The molecule has 0 radical (unpaired) electrons. The summed E-state index contributed by atoms with van der Waals surface area (Å²) in [6.07, 6.45) is 8.52. The molecular formula is C19H36IN7S. The molecule has 0 bridgehead atoms. The number of aromatic nitrogens is 3. The van der Waals surface area contributed by atoms with Gasteiger partial charge >= 0.3 is 0 Å². The lowest BCUT2D eigenvalue weighted by Gasteiger charge is -2.25. The van der Waals surface area contributed by atoms with Crippen LogP contribution in [0.25, 0.3) is 0 Å². The molecule has 0 spiro atoms. The number of likely N-dealkylation sites (tertiary alicyclic amines) is 1. The number of hydrogen-bond acceptors (Lipinski definition) is 5. The molecule has 7 nitrogen and oxygen atoms in total. The summed E-state index contributed by atoms with van der Waals surface area (Å²) in [6.45, 7) is 8.08. The third-order valence-corrected chi connectivity index (χ3v) is 7.13. The zero-order valence-electron chi connectivity index (χ0n) is 17.6. The first-order chi connectivity index (χ1) is 13.1. The number of nitrogens with one attached hydrogen (secondary N) is 2. The number of halogens is 1. The van der Waals surface area contributed by atoms with Crippen LogP contribution in [-0.4, -0.2) is 68.8 Å². The second-order valence-electron chi connectivity index (χ2n) is 7.70. The predicted octanol–water partition coefficient (Wildman–Crippen LogP) is 2.55. The van der Waals surface area contributed by atoms with Crippen molar-refractivity contribution in [3.63, 3.8) is 0 Å². The van der Waals surface area contributed by atoms with Crippen molar-refractivity contribution >= 4 is 41.7 Å². The maximum Gasteiger partial charge on any atom is 0.191 e. The maximum absolute atomic E-state index is 4.84. The molecule has 28 heavy (non-hydrogen) atoms. The highest BCUT2D eigenvalue weighted by molar-refractivity contribution is 14.0. The number of thioether (sulfide) groups is 1. The van der Waals surface area contributed by atoms with E-state index >= 15 is 0 Å². The molecule has 1 saturated heterocycles. The van der Waals surface area contributed by atoms with Crippen LogP contribution < -0.4 is 10.6 Å². The average molecular weight is 522 g/mol. The van der Waals surface area contributed by atoms with E-state index in [0.717, 1.165) is 35.9 Å². The van der Waals surface area contributed by atoms with Crippen LogP contribution in [0.1, 0.15) is 50.7 Å². The van der Waals surface area contributed by atoms with Crippen molar-refractivity contribution in [1.82, 2.24) is 30.3 Å². The molecule has 2 aliphatic rings. The van der Waals surface area contributed by atoms with Gasteiger partial charge in [-0.15, -0.1) is 34.2 Å². The quantitative estimate of drug-likeness (QED) is 0.327. The summed E-state index contributed by atoms with van der Waals surface area (Å²) < 4.78 is 2.01. The average Bonchev–Trinajstić information content (AvgIpc) is 3.39. The summed E-state index contributed by atoms with van der Waals surface area (Å²) in [6, 6.07) is 1.13. The summed E-state index contributed by atoms with van der Waals surface area (Å²) in [5, 5.41) is 16.5. The molecule has 0 aromatic carbocycles. The largest absolute Gasteiger partial charge is 0.355 e. The van der Waals surface area contributed by atoms with Gasteiger partial charge in [-0.3, -0.25) is 4.90 Å². The van der Waals surface area contributed by atoms with Crippen molar-refractivity contribution in [1.29, 1.82) is 0 Å². The van der Waals surface area contributed by atoms with E-state index in [1.54, 1.807) is 0 Å². The Labute approximate surface area is 190 Å². The Balaban J connectivity index is 0.00000280. The highest BCUT2D eigenvalue weighted by atomic mass is 127. The van der Waals surface area contributed by atoms with Crippen LogP contribution in [0.15, 0.2) is 4.99 Å². The monoisotopic (exact) mass is 521 g/mol. The molecule has 2 N–H and O–H groups in total. The topological polar surface area (TPSA) is 70.4 Å². The van der Waals surface area contributed by atoms with Gasteiger partial charge in [0.25, 0.3) is 0 Å². The fraction of sp³-hybridized carbons (Fsp3) is 0.842. The summed E-state index contributed by atoms with van der Waals surface area (Å²) in [5.74, 6) is 2.74. The first kappa shape index (κ1) is 23.7. The van der Waals surface area contributed by atoms with Gasteiger partial charge in [-0.1, -0.05) is 6.92 Å². The lowest BCUT2D eigenvalue weighted by atomic mass is 10.2. The normalized spacial score (nSPS) is 25.7. The van der Waals surface area contributed by atoms with Gasteiger partial charge in [0, 0.05) is 30.9 Å². The predicted molar refractivity (Wildman–Crippen MR) is 129 cm³/mol. The van der Waals surface area contributed by atoms with Crippen LogP contribution in [0.3, 0.4) is 0 Å². The number of nitrogens with zero attached hydrogens (tertiary/aromatic N) is 5. The van der Waals surface area contributed by atoms with E-state index in [1.807, 2.05) is 30.3 Å². The number of guanidine groups is 1. The van der Waals surface area contributed by atoms with Crippen molar-refractivity contribution in [2.24, 2.45) is 12.0 Å². The molecule has 1 aliphatic heterocycles. The Bertz CT molecular complexity index is 636. The molecule has 3 unspecified atom stereocenters. The van der Waals surface area contributed by atoms with Crippen molar-refractivity contribution in [2.75, 3.05) is 25.9 Å². The molecule has 3 atom stereocenters. The van der Waals surface area contributed by atoms with Crippen molar-refractivity contribution < 1.29 is 0 Å². The zero-order chi connectivity index (χ0) is 19.2. The summed E-state index contributed by atoms with van der Waals surface area (Å²) in [4.78, 5) is 7.41. The Kier molecular flexibility index (Phi) is 9.82. The molecule has 9 heteroatoms. The molecule has 1 aliphatic carbocycles. The van der Waals surface area contributed by atoms with E-state index in [9.17, 15) is 0 Å². The fourth-order valence-electron chi connectivity index (χ4n) is 4.13. The Morgan fingerprint density at radius 3 is 2.75 bits per heavy atom. The van der Waals surface area contributed by atoms with E-state index in [2.05, 4.69) is 38.9 Å². The Hall–Kier alpha value is -0.550. The van der Waals surface area contributed by atoms with E-state index in [-0.39, 0.29) is 24.0 Å². The summed E-state index contributed by atoms with van der Waals surface area (Å²) in [7, 11) is 2.00. The first-order valence-corrected chi connectivity index (χ1v) is 11.6. The molecule has 2 heterocycles. The lowest BCUT2D eigenvalue weighted by molar-refractivity contribution is 0.266. The molecular weight excluding hydrogens is 485 g/mol. The minimum atomic E-state index is 0. The highest BCUT2D eigenvalue weighted by Gasteiger charge is 2.26. The van der Waals surface area contributed by atoms with Crippen molar-refractivity contribution in [3.05, 3.63) is 11.6 Å². The van der Waals surface area contributed by atoms with Crippen LogP contribution in [0, 0.1) is 6.92 Å². The highest BCUT2D eigenvalue weighted by Crippen LogP contribution is 2.28. The van der Waals surface area contributed by atoms with E-state index in [0.29, 0.717) is 18.6 Å². The lowest BCUT2D eigenvalue weighted by Crippen LogP contribution is -2.47. The molecule has 3 rings (SSSR count). The second-order valence-corrected chi connectivity index (χ2v) is 8.84. The molecule has 0 amide bonds. The summed E-state index contributed by atoms with van der Waals surface area (Å²) >= 11 is 1.99.